The maximum Gasteiger partial charge on any atom is 0.192 e. The zero-order valence-electron chi connectivity index (χ0n) is 33.0. The highest BCUT2D eigenvalue weighted by molar-refractivity contribution is 6.74. The number of fused-ring (bicyclic) bond motifs is 3. The highest BCUT2D eigenvalue weighted by Gasteiger charge is 2.85. The van der Waals surface area contributed by atoms with E-state index in [0.717, 1.165) is 11.1 Å². The van der Waals surface area contributed by atoms with E-state index in [9.17, 15) is 15.3 Å². The molecule has 2 aromatic carbocycles. The van der Waals surface area contributed by atoms with Crippen molar-refractivity contribution in [1.82, 2.24) is 0 Å². The molecule has 3 N–H and O–H groups in total. The lowest BCUT2D eigenvalue weighted by Crippen LogP contribution is -2.80. The molecule has 2 bridgehead atoms. The molecule has 4 aliphatic heterocycles. The zero-order valence-corrected chi connectivity index (χ0v) is 34.0. The molecule has 8 rings (SSSR count). The van der Waals surface area contributed by atoms with Crippen molar-refractivity contribution in [2.45, 2.75) is 125 Å². The molecule has 4 heterocycles. The Morgan fingerprint density at radius 3 is 2.00 bits per heavy atom. The van der Waals surface area contributed by atoms with Crippen molar-refractivity contribution in [2.24, 2.45) is 23.7 Å². The lowest BCUT2D eigenvalue weighted by atomic mass is 9.53. The largest absolute Gasteiger partial charge is 0.497 e. The van der Waals surface area contributed by atoms with Gasteiger partial charge in [0.25, 0.3) is 0 Å². The molecule has 11 nitrogen and oxygen atoms in total. The van der Waals surface area contributed by atoms with E-state index in [-0.39, 0.29) is 30.6 Å². The number of aliphatic hydroxyl groups excluding tert-OH is 1. The SMILES string of the molecule is C=C(C)[C@@]1(O)[C@H](O)[C@@H]2C[C@@]34CO[C@@H](c5ccc(OC)cc5)O[C@H]3[C@@]3(O)[C@@H](C[C@H](C)[C@@H]3O[Si](C)(C)C(C)(C)C)[C@@]2(O4)[C@@H]2CO[C@@H](c3ccc(OC)cc3)O[C@H]21. The summed E-state index contributed by atoms with van der Waals surface area (Å²) in [5.74, 6) is -0.508. The third-order valence-corrected chi connectivity index (χ3v) is 18.9. The van der Waals surface area contributed by atoms with Gasteiger partial charge in [-0.1, -0.05) is 58.5 Å². The van der Waals surface area contributed by atoms with Gasteiger partial charge in [0.1, 0.15) is 40.5 Å². The Bertz CT molecular complexity index is 1750. The summed E-state index contributed by atoms with van der Waals surface area (Å²) < 4.78 is 52.5. The van der Waals surface area contributed by atoms with Crippen LogP contribution < -0.4 is 9.47 Å². The molecule has 296 valence electrons. The number of rotatable bonds is 7. The van der Waals surface area contributed by atoms with Gasteiger partial charge in [-0.05, 0) is 73.7 Å². The minimum absolute atomic E-state index is 0.0919. The van der Waals surface area contributed by atoms with Crippen LogP contribution in [-0.2, 0) is 28.1 Å². The van der Waals surface area contributed by atoms with E-state index in [2.05, 4.69) is 47.4 Å². The fraction of sp³-hybridized carbons (Fsp3) is 0.667. The summed E-state index contributed by atoms with van der Waals surface area (Å²) in [5.41, 5.74) is -3.87. The Morgan fingerprint density at radius 1 is 0.889 bits per heavy atom. The average molecular weight is 767 g/mol. The summed E-state index contributed by atoms with van der Waals surface area (Å²) in [5, 5.41) is 39.1. The number of benzene rings is 2. The van der Waals surface area contributed by atoms with Gasteiger partial charge in [0.05, 0.1) is 45.2 Å². The van der Waals surface area contributed by atoms with Crippen LogP contribution in [0.15, 0.2) is 60.7 Å². The van der Waals surface area contributed by atoms with Gasteiger partial charge in [-0.3, -0.25) is 0 Å². The van der Waals surface area contributed by atoms with E-state index in [4.69, 9.17) is 37.6 Å². The number of ether oxygens (including phenoxy) is 7. The molecule has 2 saturated carbocycles. The second kappa shape index (κ2) is 12.8. The average Bonchev–Trinajstić information content (AvgIpc) is 3.60. The predicted molar refractivity (Wildman–Crippen MR) is 201 cm³/mol. The van der Waals surface area contributed by atoms with E-state index in [1.807, 2.05) is 48.5 Å². The molecular formula is C42H58O11Si. The topological polar surface area (TPSA) is 135 Å². The third kappa shape index (κ3) is 5.24. The van der Waals surface area contributed by atoms with Crippen molar-refractivity contribution in [1.29, 1.82) is 0 Å². The smallest absolute Gasteiger partial charge is 0.192 e. The maximum absolute atomic E-state index is 13.9. The third-order valence-electron chi connectivity index (χ3n) is 14.4. The summed E-state index contributed by atoms with van der Waals surface area (Å²) in [4.78, 5) is 0. The van der Waals surface area contributed by atoms with Gasteiger partial charge in [-0.15, -0.1) is 0 Å². The number of aliphatic hydroxyl groups is 3. The van der Waals surface area contributed by atoms with E-state index in [1.165, 1.54) is 0 Å². The highest BCUT2D eigenvalue weighted by atomic mass is 28.4. The molecule has 12 heteroatoms. The lowest BCUT2D eigenvalue weighted by Gasteiger charge is -2.66. The Kier molecular flexibility index (Phi) is 9.14. The van der Waals surface area contributed by atoms with E-state index in [0.29, 0.717) is 23.5 Å². The predicted octanol–water partition coefficient (Wildman–Crippen LogP) is 5.84. The van der Waals surface area contributed by atoms with Crippen molar-refractivity contribution in [2.75, 3.05) is 27.4 Å². The Labute approximate surface area is 320 Å². The normalized spacial score (nSPS) is 44.1. The van der Waals surface area contributed by atoms with Crippen LogP contribution in [0.2, 0.25) is 18.1 Å². The van der Waals surface area contributed by atoms with Gasteiger partial charge in [0.15, 0.2) is 20.9 Å². The van der Waals surface area contributed by atoms with Crippen LogP contribution in [0.25, 0.3) is 0 Å². The van der Waals surface area contributed by atoms with Gasteiger partial charge in [-0.2, -0.15) is 0 Å². The first-order valence-corrected chi connectivity index (χ1v) is 22.3. The highest BCUT2D eigenvalue weighted by Crippen LogP contribution is 2.72. The van der Waals surface area contributed by atoms with Crippen LogP contribution in [-0.4, -0.2) is 97.9 Å². The molecule has 2 aromatic rings. The van der Waals surface area contributed by atoms with Crippen LogP contribution in [0.3, 0.4) is 0 Å². The quantitative estimate of drug-likeness (QED) is 0.232. The van der Waals surface area contributed by atoms with Crippen molar-refractivity contribution >= 4 is 8.32 Å². The molecule has 54 heavy (non-hydrogen) atoms. The molecule has 4 saturated heterocycles. The standard InChI is InChI=1S/C42H58O11Si/c1-23(2)40(44)32(43)29-20-39-22-49-36(26-13-17-28(47-8)18-14-26)51-37(39)41(45)31(19-24(3)33(41)52-54(9,10)38(4,5)6)42(29,53-39)30-21-48-35(50-34(30)40)25-11-15-27(46-7)16-12-25/h11-18,24,29-37,43-45H,1,19-22H2,2-10H3/t24-,29-,30+,31+,32+,33-,34+,35+,36+,37+,39+,40+,41+,42-/m0/s1. The van der Waals surface area contributed by atoms with E-state index in [1.54, 1.807) is 21.1 Å². The summed E-state index contributed by atoms with van der Waals surface area (Å²) >= 11 is 0. The summed E-state index contributed by atoms with van der Waals surface area (Å²) in [6, 6.07) is 14.9. The molecule has 0 amide bonds. The molecule has 0 radical (unpaired) electrons. The van der Waals surface area contributed by atoms with Crippen LogP contribution in [0.4, 0.5) is 0 Å². The van der Waals surface area contributed by atoms with Crippen molar-refractivity contribution in [3.05, 3.63) is 71.8 Å². The minimum atomic E-state index is -2.46. The lowest BCUT2D eigenvalue weighted by molar-refractivity contribution is -0.418. The van der Waals surface area contributed by atoms with E-state index >= 15 is 0 Å². The second-order valence-corrected chi connectivity index (χ2v) is 23.1. The molecule has 6 aliphatic rings. The van der Waals surface area contributed by atoms with Crippen LogP contribution >= 0.6 is 0 Å². The summed E-state index contributed by atoms with van der Waals surface area (Å²) in [7, 11) is 0.774. The number of hydrogen-bond donors (Lipinski definition) is 3. The van der Waals surface area contributed by atoms with Crippen molar-refractivity contribution in [3.63, 3.8) is 0 Å². The summed E-state index contributed by atoms with van der Waals surface area (Å²) in [6.45, 7) is 19.3. The van der Waals surface area contributed by atoms with Crippen LogP contribution in [0.5, 0.6) is 11.5 Å². The van der Waals surface area contributed by atoms with Crippen LogP contribution in [0.1, 0.15) is 71.2 Å². The van der Waals surface area contributed by atoms with Gasteiger partial charge < -0.3 is 52.9 Å². The Hall–Kier alpha value is -2.36. The second-order valence-electron chi connectivity index (χ2n) is 18.4. The van der Waals surface area contributed by atoms with Crippen molar-refractivity contribution < 1.29 is 52.9 Å². The monoisotopic (exact) mass is 766 g/mol. The molecular weight excluding hydrogens is 709 g/mol. The first-order chi connectivity index (χ1) is 25.4. The van der Waals surface area contributed by atoms with Gasteiger partial charge in [-0.25, -0.2) is 0 Å². The van der Waals surface area contributed by atoms with Crippen molar-refractivity contribution in [3.8, 4) is 11.5 Å². The molecule has 0 aromatic heterocycles. The zero-order chi connectivity index (χ0) is 38.8. The summed E-state index contributed by atoms with van der Waals surface area (Å²) in [6.07, 6.45) is -4.62. The molecule has 14 atom stereocenters. The van der Waals surface area contributed by atoms with Gasteiger partial charge in [0.2, 0.25) is 0 Å². The fourth-order valence-electron chi connectivity index (χ4n) is 10.7. The molecule has 6 fully saturated rings. The van der Waals surface area contributed by atoms with Gasteiger partial charge in [0, 0.05) is 28.9 Å². The van der Waals surface area contributed by atoms with Crippen LogP contribution in [0, 0.1) is 23.7 Å². The minimum Gasteiger partial charge on any atom is -0.497 e. The number of methoxy groups -OCH3 is 2. The molecule has 2 spiro atoms. The Morgan fingerprint density at radius 2 is 1.46 bits per heavy atom. The number of hydrogen-bond acceptors (Lipinski definition) is 11. The Balaban J connectivity index is 1.26. The first kappa shape index (κ1) is 38.5. The molecule has 2 aliphatic carbocycles. The fourth-order valence-corrected chi connectivity index (χ4v) is 12.2. The maximum atomic E-state index is 13.9. The molecule has 0 unspecified atom stereocenters. The van der Waals surface area contributed by atoms with E-state index < -0.39 is 85.5 Å². The first-order valence-electron chi connectivity index (χ1n) is 19.4. The van der Waals surface area contributed by atoms with Gasteiger partial charge >= 0.3 is 0 Å².